The van der Waals surface area contributed by atoms with Crippen LogP contribution in [0.3, 0.4) is 0 Å². The molecule has 3 nitrogen and oxygen atoms in total. The summed E-state index contributed by atoms with van der Waals surface area (Å²) in [5.74, 6) is 1.74. The Morgan fingerprint density at radius 2 is 2.00 bits per heavy atom. The highest BCUT2D eigenvalue weighted by Crippen LogP contribution is 2.25. The first-order valence-electron chi connectivity index (χ1n) is 7.34. The summed E-state index contributed by atoms with van der Waals surface area (Å²) in [6.45, 7) is 11.6. The van der Waals surface area contributed by atoms with Gasteiger partial charge in [-0.1, -0.05) is 34.1 Å². The Morgan fingerprint density at radius 3 is 2.47 bits per heavy atom. The highest BCUT2D eigenvalue weighted by atomic mass is 32.2. The van der Waals surface area contributed by atoms with E-state index >= 15 is 0 Å². The number of carbonyl (C=O) groups excluding carboxylic acids is 1. The van der Waals surface area contributed by atoms with Crippen LogP contribution in [-0.4, -0.2) is 36.2 Å². The molecule has 0 fully saturated rings. The Labute approximate surface area is 123 Å². The fourth-order valence-electron chi connectivity index (χ4n) is 1.93. The molecule has 114 valence electrons. The third kappa shape index (κ3) is 7.21. The Morgan fingerprint density at radius 1 is 1.37 bits per heavy atom. The van der Waals surface area contributed by atoms with Gasteiger partial charge in [-0.2, -0.15) is 11.8 Å². The minimum Gasteiger partial charge on any atom is -0.468 e. The lowest BCUT2D eigenvalue weighted by Gasteiger charge is -2.30. The summed E-state index contributed by atoms with van der Waals surface area (Å²) in [6, 6.07) is 0. The summed E-state index contributed by atoms with van der Waals surface area (Å²) < 4.78 is 4.95. The van der Waals surface area contributed by atoms with Crippen molar-refractivity contribution in [3.8, 4) is 0 Å². The van der Waals surface area contributed by atoms with Gasteiger partial charge in [0, 0.05) is 5.25 Å². The van der Waals surface area contributed by atoms with Crippen molar-refractivity contribution in [2.45, 2.75) is 64.7 Å². The molecule has 0 aliphatic carbocycles. The van der Waals surface area contributed by atoms with Crippen molar-refractivity contribution in [2.75, 3.05) is 19.4 Å². The van der Waals surface area contributed by atoms with Gasteiger partial charge in [0.05, 0.1) is 7.11 Å². The summed E-state index contributed by atoms with van der Waals surface area (Å²) >= 11 is 1.95. The Hall–Kier alpha value is -0.220. The number of methoxy groups -OCH3 is 1. The smallest absolute Gasteiger partial charge is 0.325 e. The molecule has 0 bridgehead atoms. The third-order valence-corrected chi connectivity index (χ3v) is 4.96. The normalized spacial score (nSPS) is 17.6. The molecule has 0 rings (SSSR count). The maximum absolute atomic E-state index is 12.0. The van der Waals surface area contributed by atoms with Crippen LogP contribution in [0, 0.1) is 5.92 Å². The van der Waals surface area contributed by atoms with E-state index in [2.05, 4.69) is 33.0 Å². The van der Waals surface area contributed by atoms with Crippen LogP contribution in [0.1, 0.15) is 53.9 Å². The van der Waals surface area contributed by atoms with Crippen LogP contribution in [-0.2, 0) is 9.53 Å². The average molecular weight is 289 g/mol. The van der Waals surface area contributed by atoms with E-state index in [1.165, 1.54) is 13.5 Å². The van der Waals surface area contributed by atoms with Gasteiger partial charge in [-0.15, -0.1) is 0 Å². The lowest BCUT2D eigenvalue weighted by molar-refractivity contribution is -0.148. The average Bonchev–Trinajstić information content (AvgIpc) is 2.41. The zero-order valence-corrected chi connectivity index (χ0v) is 14.2. The number of rotatable bonds is 10. The quantitative estimate of drug-likeness (QED) is 0.625. The summed E-state index contributed by atoms with van der Waals surface area (Å²) in [5.41, 5.74) is -0.563. The highest BCUT2D eigenvalue weighted by Gasteiger charge is 2.35. The molecular weight excluding hydrogens is 258 g/mol. The molecule has 0 aliphatic heterocycles. The van der Waals surface area contributed by atoms with E-state index in [1.54, 1.807) is 0 Å². The molecule has 0 amide bonds. The molecule has 0 aromatic rings. The van der Waals surface area contributed by atoms with Gasteiger partial charge >= 0.3 is 5.97 Å². The standard InChI is InChI=1S/C15H31NO2S/c1-7-9-16-15(5,14(17)18-6)10-13(4)19-11-12(3)8-2/h12-13,16H,7-11H2,1-6H3. The minimum absolute atomic E-state index is 0.156. The number of nitrogens with one attached hydrogen (secondary N) is 1. The molecule has 0 saturated heterocycles. The maximum Gasteiger partial charge on any atom is 0.325 e. The van der Waals surface area contributed by atoms with Gasteiger partial charge in [-0.3, -0.25) is 4.79 Å². The van der Waals surface area contributed by atoms with Crippen LogP contribution >= 0.6 is 11.8 Å². The molecule has 0 aromatic heterocycles. The van der Waals surface area contributed by atoms with Crippen molar-refractivity contribution in [3.05, 3.63) is 0 Å². The van der Waals surface area contributed by atoms with Crippen LogP contribution in [0.25, 0.3) is 0 Å². The third-order valence-electron chi connectivity index (χ3n) is 3.46. The second-order valence-electron chi connectivity index (χ2n) is 5.61. The summed E-state index contributed by atoms with van der Waals surface area (Å²) in [5, 5.41) is 3.79. The van der Waals surface area contributed by atoms with Gasteiger partial charge in [0.1, 0.15) is 5.54 Å². The fourth-order valence-corrected chi connectivity index (χ4v) is 3.28. The summed E-state index contributed by atoms with van der Waals surface area (Å²) in [4.78, 5) is 12.0. The van der Waals surface area contributed by atoms with Crippen molar-refractivity contribution < 1.29 is 9.53 Å². The summed E-state index contributed by atoms with van der Waals surface area (Å²) in [6.07, 6.45) is 3.03. The molecule has 0 aromatic carbocycles. The van der Waals surface area contributed by atoms with E-state index in [-0.39, 0.29) is 5.97 Å². The van der Waals surface area contributed by atoms with E-state index < -0.39 is 5.54 Å². The Bertz CT molecular complexity index is 261. The van der Waals surface area contributed by atoms with Crippen LogP contribution in [0.5, 0.6) is 0 Å². The molecule has 0 heterocycles. The first kappa shape index (κ1) is 18.8. The second-order valence-corrected chi connectivity index (χ2v) is 7.08. The van der Waals surface area contributed by atoms with E-state index in [0.29, 0.717) is 5.25 Å². The number of hydrogen-bond acceptors (Lipinski definition) is 4. The largest absolute Gasteiger partial charge is 0.468 e. The van der Waals surface area contributed by atoms with Gasteiger partial charge in [0.25, 0.3) is 0 Å². The first-order valence-corrected chi connectivity index (χ1v) is 8.39. The molecule has 0 radical (unpaired) electrons. The van der Waals surface area contributed by atoms with Crippen LogP contribution in [0.2, 0.25) is 0 Å². The van der Waals surface area contributed by atoms with Crippen LogP contribution in [0.15, 0.2) is 0 Å². The van der Waals surface area contributed by atoms with Gasteiger partial charge in [0.2, 0.25) is 0 Å². The SMILES string of the molecule is CCCNC(C)(CC(C)SCC(C)CC)C(=O)OC. The number of hydrogen-bond donors (Lipinski definition) is 1. The molecule has 3 unspecified atom stereocenters. The van der Waals surface area contributed by atoms with E-state index in [1.807, 2.05) is 18.7 Å². The Kier molecular flexibility index (Phi) is 9.54. The summed E-state index contributed by atoms with van der Waals surface area (Å²) in [7, 11) is 1.46. The predicted molar refractivity (Wildman–Crippen MR) is 84.7 cm³/mol. The zero-order chi connectivity index (χ0) is 14.9. The van der Waals surface area contributed by atoms with Crippen LogP contribution in [0.4, 0.5) is 0 Å². The Balaban J connectivity index is 4.42. The number of esters is 1. The molecule has 0 aliphatic rings. The van der Waals surface area contributed by atoms with Crippen molar-refractivity contribution in [3.63, 3.8) is 0 Å². The number of thioether (sulfide) groups is 1. The first-order chi connectivity index (χ1) is 8.89. The fraction of sp³-hybridized carbons (Fsp3) is 0.933. The van der Waals surface area contributed by atoms with Gasteiger partial charge in [-0.05, 0) is 38.0 Å². The number of carbonyl (C=O) groups is 1. The molecular formula is C15H31NO2S. The highest BCUT2D eigenvalue weighted by molar-refractivity contribution is 7.99. The minimum atomic E-state index is -0.563. The molecule has 0 spiro atoms. The van der Waals surface area contributed by atoms with Crippen molar-refractivity contribution in [2.24, 2.45) is 5.92 Å². The van der Waals surface area contributed by atoms with Crippen molar-refractivity contribution in [1.29, 1.82) is 0 Å². The lowest BCUT2D eigenvalue weighted by atomic mass is 9.96. The lowest BCUT2D eigenvalue weighted by Crippen LogP contribution is -2.51. The van der Waals surface area contributed by atoms with Crippen molar-refractivity contribution >= 4 is 17.7 Å². The van der Waals surface area contributed by atoms with Crippen LogP contribution < -0.4 is 5.32 Å². The second kappa shape index (κ2) is 9.65. The molecule has 1 N–H and O–H groups in total. The topological polar surface area (TPSA) is 38.3 Å². The zero-order valence-electron chi connectivity index (χ0n) is 13.4. The van der Waals surface area contributed by atoms with Gasteiger partial charge in [-0.25, -0.2) is 0 Å². The van der Waals surface area contributed by atoms with E-state index in [0.717, 1.165) is 31.1 Å². The van der Waals surface area contributed by atoms with Gasteiger partial charge in [0.15, 0.2) is 0 Å². The molecule has 3 atom stereocenters. The van der Waals surface area contributed by atoms with Crippen molar-refractivity contribution in [1.82, 2.24) is 5.32 Å². The molecule has 4 heteroatoms. The van der Waals surface area contributed by atoms with Gasteiger partial charge < -0.3 is 10.1 Å². The van der Waals surface area contributed by atoms with E-state index in [9.17, 15) is 4.79 Å². The molecule has 0 saturated carbocycles. The molecule has 19 heavy (non-hydrogen) atoms. The number of ether oxygens (including phenoxy) is 1. The predicted octanol–water partition coefficient (Wildman–Crippen LogP) is 3.48. The monoisotopic (exact) mass is 289 g/mol. The van der Waals surface area contributed by atoms with E-state index in [4.69, 9.17) is 4.74 Å². The maximum atomic E-state index is 12.0.